The van der Waals surface area contributed by atoms with E-state index in [1.54, 1.807) is 0 Å². The lowest BCUT2D eigenvalue weighted by Crippen LogP contribution is -2.42. The Balaban J connectivity index is 1.84. The van der Waals surface area contributed by atoms with Crippen LogP contribution in [0.15, 0.2) is 24.3 Å². The van der Waals surface area contributed by atoms with Crippen molar-refractivity contribution in [2.24, 2.45) is 5.41 Å². The lowest BCUT2D eigenvalue weighted by molar-refractivity contribution is -0.131. The highest BCUT2D eigenvalue weighted by Gasteiger charge is 2.21. The number of imidazole rings is 1. The largest absolute Gasteiger partial charge is 0.353 e. The van der Waals surface area contributed by atoms with Crippen molar-refractivity contribution in [1.29, 1.82) is 0 Å². The Kier molecular flexibility index (Phi) is 5.03. The van der Waals surface area contributed by atoms with E-state index in [4.69, 9.17) is 0 Å². The van der Waals surface area contributed by atoms with Gasteiger partial charge in [0.05, 0.1) is 17.6 Å². The first-order valence-corrected chi connectivity index (χ1v) is 7.76. The summed E-state index contributed by atoms with van der Waals surface area (Å²) in [4.78, 5) is 28.0. The predicted octanol–water partition coefficient (Wildman–Crippen LogP) is 1.62. The van der Waals surface area contributed by atoms with Crippen molar-refractivity contribution < 1.29 is 9.59 Å². The third-order valence-electron chi connectivity index (χ3n) is 3.59. The first kappa shape index (κ1) is 17.0. The molecule has 0 bridgehead atoms. The average molecular weight is 316 g/mol. The number of aryl methyl sites for hydroxylation is 1. The molecule has 0 fully saturated rings. The molecule has 0 atom stereocenters. The zero-order valence-electron chi connectivity index (χ0n) is 14.1. The molecule has 0 aliphatic heterocycles. The summed E-state index contributed by atoms with van der Waals surface area (Å²) in [5.41, 5.74) is 1.52. The van der Waals surface area contributed by atoms with E-state index < -0.39 is 5.41 Å². The number of fused-ring (bicyclic) bond motifs is 1. The fourth-order valence-electron chi connectivity index (χ4n) is 2.27. The SMILES string of the molecule is Cc1nc2ccccc2n1CCNC(=O)CNC(=O)C(C)(C)C. The third kappa shape index (κ3) is 4.31. The van der Waals surface area contributed by atoms with Crippen LogP contribution >= 0.6 is 0 Å². The van der Waals surface area contributed by atoms with Gasteiger partial charge in [-0.15, -0.1) is 0 Å². The molecule has 6 heteroatoms. The summed E-state index contributed by atoms with van der Waals surface area (Å²) in [6.45, 7) is 8.52. The maximum Gasteiger partial charge on any atom is 0.239 e. The molecule has 0 unspecified atom stereocenters. The summed E-state index contributed by atoms with van der Waals surface area (Å²) >= 11 is 0. The van der Waals surface area contributed by atoms with Crippen molar-refractivity contribution in [2.45, 2.75) is 34.2 Å². The Hall–Kier alpha value is -2.37. The Morgan fingerprint density at radius 3 is 2.57 bits per heavy atom. The van der Waals surface area contributed by atoms with Gasteiger partial charge in [0.2, 0.25) is 11.8 Å². The molecule has 1 aromatic carbocycles. The van der Waals surface area contributed by atoms with Gasteiger partial charge in [-0.05, 0) is 19.1 Å². The van der Waals surface area contributed by atoms with Crippen LogP contribution in [0.3, 0.4) is 0 Å². The number of hydrogen-bond acceptors (Lipinski definition) is 3. The van der Waals surface area contributed by atoms with Crippen LogP contribution in [0.1, 0.15) is 26.6 Å². The minimum absolute atomic E-state index is 0.000236. The average Bonchev–Trinajstić information content (AvgIpc) is 2.80. The van der Waals surface area contributed by atoms with Gasteiger partial charge in [0.25, 0.3) is 0 Å². The summed E-state index contributed by atoms with van der Waals surface area (Å²) in [7, 11) is 0. The molecule has 1 heterocycles. The van der Waals surface area contributed by atoms with Crippen LogP contribution in [-0.4, -0.2) is 34.5 Å². The molecule has 124 valence electrons. The molecule has 2 amide bonds. The van der Waals surface area contributed by atoms with Crippen LogP contribution in [0.25, 0.3) is 11.0 Å². The number of aromatic nitrogens is 2. The normalized spacial score (nSPS) is 11.5. The summed E-state index contributed by atoms with van der Waals surface area (Å²) in [6.07, 6.45) is 0. The molecule has 2 rings (SSSR count). The molecule has 1 aromatic heterocycles. The quantitative estimate of drug-likeness (QED) is 0.880. The predicted molar refractivity (Wildman–Crippen MR) is 89.9 cm³/mol. The number of amides is 2. The molecule has 0 spiro atoms. The van der Waals surface area contributed by atoms with Crippen molar-refractivity contribution in [3.05, 3.63) is 30.1 Å². The highest BCUT2D eigenvalue weighted by molar-refractivity contribution is 5.87. The Labute approximate surface area is 136 Å². The first-order chi connectivity index (χ1) is 10.8. The van der Waals surface area contributed by atoms with Crippen molar-refractivity contribution in [3.8, 4) is 0 Å². The van der Waals surface area contributed by atoms with Gasteiger partial charge in [0.1, 0.15) is 5.82 Å². The summed E-state index contributed by atoms with van der Waals surface area (Å²) < 4.78 is 2.07. The fraction of sp³-hybridized carbons (Fsp3) is 0.471. The van der Waals surface area contributed by atoms with E-state index in [2.05, 4.69) is 20.2 Å². The number of carbonyl (C=O) groups is 2. The van der Waals surface area contributed by atoms with Gasteiger partial charge in [0, 0.05) is 18.5 Å². The molecule has 0 saturated heterocycles. The second-order valence-corrected chi connectivity index (χ2v) is 6.58. The third-order valence-corrected chi connectivity index (χ3v) is 3.59. The van der Waals surface area contributed by atoms with E-state index >= 15 is 0 Å². The van der Waals surface area contributed by atoms with Gasteiger partial charge in [-0.1, -0.05) is 32.9 Å². The van der Waals surface area contributed by atoms with Gasteiger partial charge in [-0.25, -0.2) is 4.98 Å². The van der Waals surface area contributed by atoms with Gasteiger partial charge < -0.3 is 15.2 Å². The van der Waals surface area contributed by atoms with Crippen molar-refractivity contribution >= 4 is 22.8 Å². The number of carbonyl (C=O) groups excluding carboxylic acids is 2. The Morgan fingerprint density at radius 2 is 1.87 bits per heavy atom. The second kappa shape index (κ2) is 6.81. The zero-order valence-corrected chi connectivity index (χ0v) is 14.1. The first-order valence-electron chi connectivity index (χ1n) is 7.76. The molecule has 0 aliphatic carbocycles. The standard InChI is InChI=1S/C17H24N4O2/c1-12-20-13-7-5-6-8-14(13)21(12)10-9-18-15(22)11-19-16(23)17(2,3)4/h5-8H,9-11H2,1-4H3,(H,18,22)(H,19,23). The van der Waals surface area contributed by atoms with E-state index in [1.165, 1.54) is 0 Å². The van der Waals surface area contributed by atoms with Gasteiger partial charge in [-0.2, -0.15) is 0 Å². The lowest BCUT2D eigenvalue weighted by atomic mass is 9.96. The number of nitrogens with zero attached hydrogens (tertiary/aromatic N) is 2. The minimum atomic E-state index is -0.493. The van der Waals surface area contributed by atoms with E-state index in [9.17, 15) is 9.59 Å². The number of hydrogen-bond donors (Lipinski definition) is 2. The number of benzene rings is 1. The second-order valence-electron chi connectivity index (χ2n) is 6.58. The molecular weight excluding hydrogens is 292 g/mol. The summed E-state index contributed by atoms with van der Waals surface area (Å²) in [6, 6.07) is 7.92. The zero-order chi connectivity index (χ0) is 17.0. The smallest absolute Gasteiger partial charge is 0.239 e. The van der Waals surface area contributed by atoms with Crippen LogP contribution in [0.5, 0.6) is 0 Å². The van der Waals surface area contributed by atoms with Crippen LogP contribution in [-0.2, 0) is 16.1 Å². The Bertz CT molecular complexity index is 713. The topological polar surface area (TPSA) is 76.0 Å². The molecular formula is C17H24N4O2. The molecule has 0 radical (unpaired) electrons. The van der Waals surface area contributed by atoms with Crippen LogP contribution in [0.2, 0.25) is 0 Å². The van der Waals surface area contributed by atoms with Gasteiger partial charge >= 0.3 is 0 Å². The Morgan fingerprint density at radius 1 is 1.17 bits per heavy atom. The number of para-hydroxylation sites is 2. The van der Waals surface area contributed by atoms with Crippen LogP contribution in [0, 0.1) is 12.3 Å². The monoisotopic (exact) mass is 316 g/mol. The molecule has 2 aromatic rings. The van der Waals surface area contributed by atoms with Crippen molar-refractivity contribution in [3.63, 3.8) is 0 Å². The minimum Gasteiger partial charge on any atom is -0.353 e. The molecule has 6 nitrogen and oxygen atoms in total. The maximum absolute atomic E-state index is 11.8. The van der Waals surface area contributed by atoms with E-state index in [1.807, 2.05) is 52.0 Å². The summed E-state index contributed by atoms with van der Waals surface area (Å²) in [5, 5.41) is 5.45. The lowest BCUT2D eigenvalue weighted by Gasteiger charge is -2.17. The summed E-state index contributed by atoms with van der Waals surface area (Å²) in [5.74, 6) is 0.593. The van der Waals surface area contributed by atoms with E-state index in [-0.39, 0.29) is 18.4 Å². The van der Waals surface area contributed by atoms with E-state index in [0.717, 1.165) is 16.9 Å². The fourth-order valence-corrected chi connectivity index (χ4v) is 2.27. The van der Waals surface area contributed by atoms with Gasteiger partial charge in [-0.3, -0.25) is 9.59 Å². The molecule has 0 aliphatic rings. The maximum atomic E-state index is 11.8. The molecule has 2 N–H and O–H groups in total. The number of nitrogens with one attached hydrogen (secondary N) is 2. The highest BCUT2D eigenvalue weighted by Crippen LogP contribution is 2.14. The van der Waals surface area contributed by atoms with Gasteiger partial charge in [0.15, 0.2) is 0 Å². The van der Waals surface area contributed by atoms with Crippen molar-refractivity contribution in [2.75, 3.05) is 13.1 Å². The molecule has 23 heavy (non-hydrogen) atoms. The number of rotatable bonds is 5. The van der Waals surface area contributed by atoms with Crippen LogP contribution < -0.4 is 10.6 Å². The van der Waals surface area contributed by atoms with Crippen molar-refractivity contribution in [1.82, 2.24) is 20.2 Å². The highest BCUT2D eigenvalue weighted by atomic mass is 16.2. The van der Waals surface area contributed by atoms with E-state index in [0.29, 0.717) is 13.1 Å². The van der Waals surface area contributed by atoms with Crippen LogP contribution in [0.4, 0.5) is 0 Å². The molecule has 0 saturated carbocycles.